The topological polar surface area (TPSA) is 12.0 Å². The minimum Gasteiger partial charge on any atom is -0.309 e. The van der Waals surface area contributed by atoms with Crippen molar-refractivity contribution in [2.24, 2.45) is 0 Å². The molecule has 2 rings (SSSR count). The van der Waals surface area contributed by atoms with E-state index in [2.05, 4.69) is 48.8 Å². The molecule has 2 aromatic heterocycles. The van der Waals surface area contributed by atoms with Crippen molar-refractivity contribution in [1.29, 1.82) is 0 Å². The summed E-state index contributed by atoms with van der Waals surface area (Å²) in [4.78, 5) is 4.28. The summed E-state index contributed by atoms with van der Waals surface area (Å²) in [7, 11) is 0. The average Bonchev–Trinajstić information content (AvgIpc) is 2.89. The largest absolute Gasteiger partial charge is 0.309 e. The van der Waals surface area contributed by atoms with Gasteiger partial charge >= 0.3 is 0 Å². The molecule has 0 bridgehead atoms. The van der Waals surface area contributed by atoms with E-state index in [1.807, 2.05) is 22.7 Å². The highest BCUT2D eigenvalue weighted by molar-refractivity contribution is 7.12. The summed E-state index contributed by atoms with van der Waals surface area (Å²) >= 11 is 3.72. The lowest BCUT2D eigenvalue weighted by molar-refractivity contribution is 0.586. The molecule has 16 heavy (non-hydrogen) atoms. The second-order valence-corrected chi connectivity index (χ2v) is 6.31. The molecular weight excluding hydrogens is 234 g/mol. The third-order valence-electron chi connectivity index (χ3n) is 2.59. The summed E-state index contributed by atoms with van der Waals surface area (Å²) in [5.74, 6) is 0. The van der Waals surface area contributed by atoms with E-state index < -0.39 is 0 Å². The van der Waals surface area contributed by atoms with Gasteiger partial charge in [0.1, 0.15) is 0 Å². The molecule has 2 aromatic rings. The van der Waals surface area contributed by atoms with Gasteiger partial charge in [-0.05, 0) is 43.8 Å². The zero-order valence-electron chi connectivity index (χ0n) is 9.69. The molecule has 1 nitrogen and oxygen atoms in total. The molecule has 0 spiro atoms. The molecule has 0 aromatic carbocycles. The number of hydrogen-bond acceptors (Lipinski definition) is 3. The summed E-state index contributed by atoms with van der Waals surface area (Å²) in [5.41, 5.74) is 0. The molecule has 1 N–H and O–H groups in total. The van der Waals surface area contributed by atoms with Gasteiger partial charge in [-0.1, -0.05) is 6.07 Å². The molecule has 0 saturated carbocycles. The van der Waals surface area contributed by atoms with Crippen LogP contribution in [0.5, 0.6) is 0 Å². The summed E-state index contributed by atoms with van der Waals surface area (Å²) < 4.78 is 0. The van der Waals surface area contributed by atoms with Gasteiger partial charge in [-0.2, -0.15) is 0 Å². The number of thiophene rings is 2. The van der Waals surface area contributed by atoms with Gasteiger partial charge in [-0.3, -0.25) is 0 Å². The lowest BCUT2D eigenvalue weighted by Crippen LogP contribution is -2.20. The zero-order chi connectivity index (χ0) is 11.4. The van der Waals surface area contributed by atoms with E-state index in [0.29, 0.717) is 6.04 Å². The van der Waals surface area contributed by atoms with Crippen molar-refractivity contribution in [3.8, 4) is 0 Å². The second-order valence-electron chi connectivity index (χ2n) is 3.95. The van der Waals surface area contributed by atoms with Crippen LogP contribution < -0.4 is 5.32 Å². The van der Waals surface area contributed by atoms with Crippen LogP contribution >= 0.6 is 22.7 Å². The lowest BCUT2D eigenvalue weighted by atomic mass is 10.2. The Morgan fingerprint density at radius 1 is 1.31 bits per heavy atom. The van der Waals surface area contributed by atoms with E-state index in [1.165, 1.54) is 14.6 Å². The highest BCUT2D eigenvalue weighted by Crippen LogP contribution is 2.22. The van der Waals surface area contributed by atoms with Gasteiger partial charge in [0.15, 0.2) is 0 Å². The first-order chi connectivity index (χ1) is 7.75. The van der Waals surface area contributed by atoms with Crippen molar-refractivity contribution in [1.82, 2.24) is 5.32 Å². The molecule has 3 heteroatoms. The van der Waals surface area contributed by atoms with Crippen molar-refractivity contribution in [2.45, 2.75) is 26.3 Å². The predicted octanol–water partition coefficient (Wildman–Crippen LogP) is 4.01. The third-order valence-corrected chi connectivity index (χ3v) is 4.71. The van der Waals surface area contributed by atoms with Crippen LogP contribution in [0, 0.1) is 6.92 Å². The maximum Gasteiger partial charge on any atom is 0.0386 e. The van der Waals surface area contributed by atoms with Crippen molar-refractivity contribution in [3.05, 3.63) is 44.3 Å². The Hall–Kier alpha value is -0.640. The van der Waals surface area contributed by atoms with Crippen LogP contribution in [-0.2, 0) is 6.42 Å². The fraction of sp³-hybridized carbons (Fsp3) is 0.385. The normalized spacial score (nSPS) is 12.9. The van der Waals surface area contributed by atoms with Crippen LogP contribution in [0.1, 0.15) is 27.6 Å². The van der Waals surface area contributed by atoms with Crippen LogP contribution in [0.4, 0.5) is 0 Å². The minimum absolute atomic E-state index is 0.471. The Morgan fingerprint density at radius 2 is 2.19 bits per heavy atom. The molecule has 0 amide bonds. The fourth-order valence-corrected chi connectivity index (χ4v) is 3.27. The van der Waals surface area contributed by atoms with Gasteiger partial charge in [0.25, 0.3) is 0 Å². The first-order valence-electron chi connectivity index (χ1n) is 5.58. The van der Waals surface area contributed by atoms with Crippen LogP contribution in [0.3, 0.4) is 0 Å². The molecule has 1 atom stereocenters. The van der Waals surface area contributed by atoms with E-state index in [1.54, 1.807) is 0 Å². The predicted molar refractivity (Wildman–Crippen MR) is 73.5 cm³/mol. The maximum atomic E-state index is 3.57. The van der Waals surface area contributed by atoms with Crippen LogP contribution in [0.2, 0.25) is 0 Å². The third kappa shape index (κ3) is 3.17. The van der Waals surface area contributed by atoms with Crippen molar-refractivity contribution < 1.29 is 0 Å². The van der Waals surface area contributed by atoms with Crippen LogP contribution in [0.25, 0.3) is 0 Å². The maximum absolute atomic E-state index is 3.57. The Kier molecular flexibility index (Phi) is 4.16. The number of nitrogens with one attached hydrogen (secondary N) is 1. The molecule has 0 aliphatic heterocycles. The zero-order valence-corrected chi connectivity index (χ0v) is 11.3. The highest BCUT2D eigenvalue weighted by atomic mass is 32.1. The second kappa shape index (κ2) is 5.62. The van der Waals surface area contributed by atoms with Gasteiger partial charge in [0.2, 0.25) is 0 Å². The van der Waals surface area contributed by atoms with Crippen molar-refractivity contribution >= 4 is 22.7 Å². The first kappa shape index (κ1) is 11.8. The van der Waals surface area contributed by atoms with Crippen LogP contribution in [0.15, 0.2) is 29.6 Å². The number of aryl methyl sites for hydroxylation is 1. The molecule has 0 fully saturated rings. The quantitative estimate of drug-likeness (QED) is 0.846. The SMILES string of the molecule is Cc1ccc(C(C)NCCc2cccs2)s1. The molecular formula is C13H17NS2. The van der Waals surface area contributed by atoms with Gasteiger partial charge in [-0.25, -0.2) is 0 Å². The Morgan fingerprint density at radius 3 is 2.81 bits per heavy atom. The molecule has 0 aliphatic rings. The van der Waals surface area contributed by atoms with Gasteiger partial charge < -0.3 is 5.32 Å². The lowest BCUT2D eigenvalue weighted by Gasteiger charge is -2.11. The van der Waals surface area contributed by atoms with E-state index >= 15 is 0 Å². The van der Waals surface area contributed by atoms with E-state index in [-0.39, 0.29) is 0 Å². The van der Waals surface area contributed by atoms with Crippen molar-refractivity contribution in [3.63, 3.8) is 0 Å². The van der Waals surface area contributed by atoms with E-state index in [0.717, 1.165) is 13.0 Å². The molecule has 1 unspecified atom stereocenters. The van der Waals surface area contributed by atoms with E-state index in [9.17, 15) is 0 Å². The summed E-state index contributed by atoms with van der Waals surface area (Å²) in [6.45, 7) is 5.45. The number of hydrogen-bond donors (Lipinski definition) is 1. The standard InChI is InChI=1S/C13H17NS2/c1-10-5-6-13(16-10)11(2)14-8-7-12-4-3-9-15-12/h3-6,9,11,14H,7-8H2,1-2H3. The Balaban J connectivity index is 1.78. The van der Waals surface area contributed by atoms with Gasteiger partial charge in [0.05, 0.1) is 0 Å². The fourth-order valence-electron chi connectivity index (χ4n) is 1.65. The average molecular weight is 251 g/mol. The van der Waals surface area contributed by atoms with Crippen LogP contribution in [-0.4, -0.2) is 6.54 Å². The molecule has 86 valence electrons. The molecule has 0 radical (unpaired) electrons. The Bertz CT molecular complexity index is 417. The highest BCUT2D eigenvalue weighted by Gasteiger charge is 2.06. The Labute approximate surface area is 105 Å². The van der Waals surface area contributed by atoms with Crippen molar-refractivity contribution in [2.75, 3.05) is 6.54 Å². The monoisotopic (exact) mass is 251 g/mol. The van der Waals surface area contributed by atoms with E-state index in [4.69, 9.17) is 0 Å². The molecule has 0 saturated heterocycles. The molecule has 0 aliphatic carbocycles. The first-order valence-corrected chi connectivity index (χ1v) is 7.27. The summed E-state index contributed by atoms with van der Waals surface area (Å²) in [6.07, 6.45) is 1.13. The smallest absolute Gasteiger partial charge is 0.0386 e. The van der Waals surface area contributed by atoms with Gasteiger partial charge in [0, 0.05) is 27.2 Å². The number of rotatable bonds is 5. The molecule has 2 heterocycles. The summed E-state index contributed by atoms with van der Waals surface area (Å²) in [6, 6.07) is 9.21. The summed E-state index contributed by atoms with van der Waals surface area (Å²) in [5, 5.41) is 5.71. The minimum atomic E-state index is 0.471. The van der Waals surface area contributed by atoms with Gasteiger partial charge in [-0.15, -0.1) is 22.7 Å².